The van der Waals surface area contributed by atoms with Crippen molar-refractivity contribution < 1.29 is 4.57 Å². The van der Waals surface area contributed by atoms with E-state index < -0.39 is 0 Å². The van der Waals surface area contributed by atoms with Crippen molar-refractivity contribution in [2.45, 2.75) is 135 Å². The van der Waals surface area contributed by atoms with Gasteiger partial charge in [-0.1, -0.05) is 75.8 Å². The molecular weight excluding hydrogens is 422 g/mol. The molecule has 1 aromatic heterocycles. The predicted molar refractivity (Wildman–Crippen MR) is 150 cm³/mol. The van der Waals surface area contributed by atoms with Crippen molar-refractivity contribution in [3.05, 3.63) is 58.8 Å². The molecule has 0 spiro atoms. The highest BCUT2D eigenvalue weighted by Crippen LogP contribution is 2.53. The summed E-state index contributed by atoms with van der Waals surface area (Å²) in [6.45, 7) is 29.1. The lowest BCUT2D eigenvalue weighted by atomic mass is 9.60. The Morgan fingerprint density at radius 3 is 1.49 bits per heavy atom. The lowest BCUT2D eigenvalue weighted by Crippen LogP contribution is -2.60. The molecule has 1 aliphatic heterocycles. The van der Waals surface area contributed by atoms with Crippen LogP contribution in [-0.2, 0) is 27.2 Å². The van der Waals surface area contributed by atoms with E-state index in [2.05, 4.69) is 98.2 Å². The van der Waals surface area contributed by atoms with E-state index in [9.17, 15) is 0 Å². The molecule has 0 unspecified atom stereocenters. The van der Waals surface area contributed by atoms with Gasteiger partial charge in [0.1, 0.15) is 0 Å². The number of fused-ring (bicyclic) bond motifs is 5. The van der Waals surface area contributed by atoms with Gasteiger partial charge in [-0.15, -0.1) is 0 Å². The Bertz CT molecular complexity index is 1230. The van der Waals surface area contributed by atoms with Crippen LogP contribution < -0.4 is 4.57 Å². The van der Waals surface area contributed by atoms with Crippen molar-refractivity contribution in [1.82, 2.24) is 0 Å². The molecular formula is C34H48N+. The van der Waals surface area contributed by atoms with Gasteiger partial charge in [-0.3, -0.25) is 0 Å². The average molecular weight is 471 g/mol. The summed E-state index contributed by atoms with van der Waals surface area (Å²) in [5.41, 5.74) is 12.4. The Labute approximate surface area is 215 Å². The van der Waals surface area contributed by atoms with Gasteiger partial charge < -0.3 is 0 Å². The van der Waals surface area contributed by atoms with Crippen molar-refractivity contribution in [2.75, 3.05) is 0 Å². The lowest BCUT2D eigenvalue weighted by molar-refractivity contribution is -0.742. The molecule has 35 heavy (non-hydrogen) atoms. The van der Waals surface area contributed by atoms with Crippen LogP contribution in [0.5, 0.6) is 0 Å². The van der Waals surface area contributed by atoms with Crippen LogP contribution in [0.4, 0.5) is 0 Å². The van der Waals surface area contributed by atoms with E-state index in [0.29, 0.717) is 0 Å². The van der Waals surface area contributed by atoms with Gasteiger partial charge in [-0.05, 0) is 81.7 Å². The zero-order chi connectivity index (χ0) is 25.8. The summed E-state index contributed by atoms with van der Waals surface area (Å²) in [6, 6.07) is 7.73. The molecule has 2 aromatic rings. The molecule has 5 rings (SSSR count). The van der Waals surface area contributed by atoms with Gasteiger partial charge in [0.2, 0.25) is 5.69 Å². The molecule has 2 heterocycles. The average Bonchev–Trinajstić information content (AvgIpc) is 2.80. The Hall–Kier alpha value is -1.89. The number of aromatic nitrogens is 1. The second-order valence-corrected chi connectivity index (χ2v) is 14.6. The lowest BCUT2D eigenvalue weighted by Gasteiger charge is -2.45. The van der Waals surface area contributed by atoms with E-state index in [1.807, 2.05) is 0 Å². The van der Waals surface area contributed by atoms with Crippen LogP contribution in [0.3, 0.4) is 0 Å². The van der Waals surface area contributed by atoms with Crippen molar-refractivity contribution in [1.29, 1.82) is 0 Å². The molecule has 188 valence electrons. The summed E-state index contributed by atoms with van der Waals surface area (Å²) in [6.07, 6.45) is 9.66. The normalized spacial score (nSPS) is 24.1. The van der Waals surface area contributed by atoms with Gasteiger partial charge in [0.05, 0.1) is 5.56 Å². The van der Waals surface area contributed by atoms with E-state index in [1.165, 1.54) is 48.1 Å². The van der Waals surface area contributed by atoms with Crippen LogP contribution in [0.25, 0.3) is 16.8 Å². The number of hydrogen-bond donors (Lipinski definition) is 0. The third-order valence-electron chi connectivity index (χ3n) is 10.7. The van der Waals surface area contributed by atoms with Gasteiger partial charge >= 0.3 is 0 Å². The van der Waals surface area contributed by atoms with Crippen LogP contribution >= 0.6 is 0 Å². The summed E-state index contributed by atoms with van der Waals surface area (Å²) in [7, 11) is 0. The van der Waals surface area contributed by atoms with Crippen molar-refractivity contribution in [3.63, 3.8) is 0 Å². The number of pyridine rings is 1. The van der Waals surface area contributed by atoms with Gasteiger partial charge in [-0.25, -0.2) is 0 Å². The fraction of sp³-hybridized carbons (Fsp3) is 0.618. The monoisotopic (exact) mass is 470 g/mol. The highest BCUT2D eigenvalue weighted by atomic mass is 15.1. The molecule has 0 fully saturated rings. The largest absolute Gasteiger partial charge is 0.214 e. The van der Waals surface area contributed by atoms with Crippen molar-refractivity contribution in [2.24, 2.45) is 0 Å². The molecule has 0 saturated heterocycles. The fourth-order valence-electron chi connectivity index (χ4n) is 7.60. The second kappa shape index (κ2) is 7.33. The highest BCUT2D eigenvalue weighted by molar-refractivity contribution is 5.84. The number of hydrogen-bond acceptors (Lipinski definition) is 0. The Balaban J connectivity index is 1.90. The summed E-state index contributed by atoms with van der Waals surface area (Å²) in [5, 5.41) is 0. The maximum Gasteiger partial charge on any atom is 0.214 e. The van der Waals surface area contributed by atoms with E-state index in [4.69, 9.17) is 6.58 Å². The fourth-order valence-corrected chi connectivity index (χ4v) is 7.60. The summed E-state index contributed by atoms with van der Waals surface area (Å²) >= 11 is 0. The van der Waals surface area contributed by atoms with Gasteiger partial charge in [0.15, 0.2) is 11.7 Å². The standard InChI is InChI=1S/C34H48N/c1-12-34(13-2)22(3)23-18-25-26(31(6,7)15-14-30(25,4)5)19-24(23)29-20-27-28(21-35(29)34)33(10,11)17-16-32(27,8)9/h18-21H,3,12-17H2,1-2,4-11H3/q+1. The van der Waals surface area contributed by atoms with Crippen LogP contribution in [-0.4, -0.2) is 0 Å². The van der Waals surface area contributed by atoms with Gasteiger partial charge in [0, 0.05) is 30.0 Å². The van der Waals surface area contributed by atoms with Gasteiger partial charge in [-0.2, -0.15) is 4.57 Å². The first-order valence-electron chi connectivity index (χ1n) is 14.1. The van der Waals surface area contributed by atoms with E-state index >= 15 is 0 Å². The Kier molecular flexibility index (Phi) is 5.19. The minimum Gasteiger partial charge on any atom is -0.188 e. The van der Waals surface area contributed by atoms with E-state index in [1.54, 1.807) is 22.3 Å². The SMILES string of the molecule is C=C1c2cc3c(cc2-c2cc4c(c[n+]2C1(CC)CC)C(C)(C)CCC4(C)C)C(C)(C)CCC3(C)C. The molecule has 2 aliphatic carbocycles. The van der Waals surface area contributed by atoms with Crippen molar-refractivity contribution in [3.8, 4) is 11.3 Å². The zero-order valence-corrected chi connectivity index (χ0v) is 24.2. The van der Waals surface area contributed by atoms with E-state index in [-0.39, 0.29) is 27.2 Å². The molecule has 1 nitrogen and oxygen atoms in total. The maximum absolute atomic E-state index is 4.84. The first-order chi connectivity index (χ1) is 16.1. The Morgan fingerprint density at radius 1 is 0.629 bits per heavy atom. The van der Waals surface area contributed by atoms with Crippen molar-refractivity contribution >= 4 is 5.57 Å². The topological polar surface area (TPSA) is 3.88 Å². The zero-order valence-electron chi connectivity index (χ0n) is 24.2. The molecule has 0 amide bonds. The summed E-state index contributed by atoms with van der Waals surface area (Å²) < 4.78 is 2.66. The molecule has 0 saturated carbocycles. The minimum absolute atomic E-state index is 0.0718. The molecule has 0 atom stereocenters. The summed E-state index contributed by atoms with van der Waals surface area (Å²) in [5.74, 6) is 0. The third-order valence-corrected chi connectivity index (χ3v) is 10.7. The first kappa shape index (κ1) is 24.8. The third kappa shape index (κ3) is 3.29. The smallest absolute Gasteiger partial charge is 0.188 e. The molecule has 0 radical (unpaired) electrons. The molecule has 3 aliphatic rings. The molecule has 1 heteroatoms. The minimum atomic E-state index is -0.0718. The number of rotatable bonds is 2. The van der Waals surface area contributed by atoms with Crippen LogP contribution in [0, 0.1) is 0 Å². The predicted octanol–water partition coefficient (Wildman–Crippen LogP) is 8.88. The van der Waals surface area contributed by atoms with E-state index in [0.717, 1.165) is 12.8 Å². The van der Waals surface area contributed by atoms with Crippen LogP contribution in [0.2, 0.25) is 0 Å². The van der Waals surface area contributed by atoms with Gasteiger partial charge in [0.25, 0.3) is 0 Å². The highest BCUT2D eigenvalue weighted by Gasteiger charge is 2.51. The number of nitrogens with zero attached hydrogens (tertiary/aromatic N) is 1. The summed E-state index contributed by atoms with van der Waals surface area (Å²) in [4.78, 5) is 0. The van der Waals surface area contributed by atoms with Crippen LogP contribution in [0.1, 0.15) is 136 Å². The second-order valence-electron chi connectivity index (χ2n) is 14.6. The maximum atomic E-state index is 4.84. The number of allylic oxidation sites excluding steroid dienone is 1. The Morgan fingerprint density at radius 2 is 1.03 bits per heavy atom. The molecule has 1 aromatic carbocycles. The molecule has 0 bridgehead atoms. The first-order valence-corrected chi connectivity index (χ1v) is 14.1. The quantitative estimate of drug-likeness (QED) is 0.386. The van der Waals surface area contributed by atoms with Crippen LogP contribution in [0.15, 0.2) is 31.0 Å². The number of benzene rings is 1. The molecule has 0 N–H and O–H groups in total.